The molecule has 1 unspecified atom stereocenters. The minimum Gasteiger partial charge on any atom is -0.465 e. The van der Waals surface area contributed by atoms with Crippen molar-refractivity contribution < 1.29 is 19.4 Å². The van der Waals surface area contributed by atoms with Crippen molar-refractivity contribution in [3.63, 3.8) is 0 Å². The molecule has 0 aromatic heterocycles. The Hall–Kier alpha value is -2.82. The van der Waals surface area contributed by atoms with Crippen molar-refractivity contribution in [3.8, 4) is 0 Å². The number of ether oxygens (including phenoxy) is 1. The highest BCUT2D eigenvalue weighted by Crippen LogP contribution is 2.44. The summed E-state index contributed by atoms with van der Waals surface area (Å²) in [4.78, 5) is 25.1. The van der Waals surface area contributed by atoms with Crippen LogP contribution in [0.5, 0.6) is 0 Å². The minimum absolute atomic E-state index is 0.204. The number of esters is 1. The zero-order chi connectivity index (χ0) is 16.7. The predicted octanol–water partition coefficient (Wildman–Crippen LogP) is 3.03. The van der Waals surface area contributed by atoms with Crippen molar-refractivity contribution in [2.75, 3.05) is 13.1 Å². The van der Waals surface area contributed by atoms with Crippen LogP contribution in [0.2, 0.25) is 0 Å². The second kappa shape index (κ2) is 5.37. The Bertz CT molecular complexity index is 817. The summed E-state index contributed by atoms with van der Waals surface area (Å²) in [6.45, 7) is 0.584. The van der Waals surface area contributed by atoms with Crippen LogP contribution in [-0.2, 0) is 16.8 Å². The smallest absolute Gasteiger partial charge is 0.407 e. The SMILES string of the molecule is O=C1OC2(CCN(C(=O)O)C2)c2cccc(Cc3ccccc3)c21. The van der Waals surface area contributed by atoms with E-state index < -0.39 is 11.7 Å². The maximum Gasteiger partial charge on any atom is 0.407 e. The van der Waals surface area contributed by atoms with Gasteiger partial charge in [0.1, 0.15) is 0 Å². The third-order valence-electron chi connectivity index (χ3n) is 4.87. The van der Waals surface area contributed by atoms with Gasteiger partial charge in [-0.05, 0) is 17.5 Å². The van der Waals surface area contributed by atoms with Gasteiger partial charge in [0.2, 0.25) is 0 Å². The van der Waals surface area contributed by atoms with Crippen molar-refractivity contribution in [2.45, 2.75) is 18.4 Å². The number of benzene rings is 2. The molecular formula is C19H17NO4. The van der Waals surface area contributed by atoms with Crippen molar-refractivity contribution in [3.05, 3.63) is 70.8 Å². The molecular weight excluding hydrogens is 306 g/mol. The lowest BCUT2D eigenvalue weighted by Crippen LogP contribution is -2.33. The van der Waals surface area contributed by atoms with Crippen molar-refractivity contribution in [1.82, 2.24) is 4.90 Å². The minimum atomic E-state index is -0.975. The molecule has 1 saturated heterocycles. The monoisotopic (exact) mass is 323 g/mol. The van der Waals surface area contributed by atoms with Gasteiger partial charge in [0, 0.05) is 18.5 Å². The van der Waals surface area contributed by atoms with E-state index in [1.54, 1.807) is 0 Å². The fraction of sp³-hybridized carbons (Fsp3) is 0.263. The highest BCUT2D eigenvalue weighted by molar-refractivity contribution is 5.96. The maximum absolute atomic E-state index is 12.5. The second-order valence-electron chi connectivity index (χ2n) is 6.34. The summed E-state index contributed by atoms with van der Waals surface area (Å²) >= 11 is 0. The number of hydrogen-bond acceptors (Lipinski definition) is 3. The van der Waals surface area contributed by atoms with Crippen LogP contribution in [0, 0.1) is 0 Å². The fourth-order valence-electron chi connectivity index (χ4n) is 3.72. The number of likely N-dealkylation sites (tertiary alicyclic amines) is 1. The van der Waals surface area contributed by atoms with Gasteiger partial charge in [-0.2, -0.15) is 0 Å². The van der Waals surface area contributed by atoms with Crippen molar-refractivity contribution >= 4 is 12.1 Å². The number of nitrogens with zero attached hydrogens (tertiary/aromatic N) is 1. The van der Waals surface area contributed by atoms with Gasteiger partial charge in [0.15, 0.2) is 5.60 Å². The van der Waals surface area contributed by atoms with Crippen molar-refractivity contribution in [2.24, 2.45) is 0 Å². The zero-order valence-electron chi connectivity index (χ0n) is 13.1. The van der Waals surface area contributed by atoms with Crippen LogP contribution in [-0.4, -0.2) is 35.2 Å². The van der Waals surface area contributed by atoms with Gasteiger partial charge in [-0.3, -0.25) is 0 Å². The Morgan fingerprint density at radius 1 is 1.17 bits per heavy atom. The molecule has 2 aromatic carbocycles. The van der Waals surface area contributed by atoms with E-state index in [1.165, 1.54) is 4.90 Å². The first-order valence-electron chi connectivity index (χ1n) is 7.97. The normalized spacial score (nSPS) is 21.8. The number of hydrogen-bond donors (Lipinski definition) is 1. The Balaban J connectivity index is 1.73. The zero-order valence-corrected chi connectivity index (χ0v) is 13.1. The lowest BCUT2D eigenvalue weighted by molar-refractivity contribution is -0.00290. The van der Waals surface area contributed by atoms with E-state index in [9.17, 15) is 14.7 Å². The molecule has 24 heavy (non-hydrogen) atoms. The van der Waals surface area contributed by atoms with Crippen LogP contribution in [0.15, 0.2) is 48.5 Å². The maximum atomic E-state index is 12.5. The molecule has 4 rings (SSSR count). The molecule has 2 aliphatic rings. The van der Waals surface area contributed by atoms with E-state index in [0.29, 0.717) is 24.9 Å². The van der Waals surface area contributed by atoms with E-state index in [2.05, 4.69) is 0 Å². The number of carbonyl (C=O) groups excluding carboxylic acids is 1. The van der Waals surface area contributed by atoms with E-state index in [1.807, 2.05) is 48.5 Å². The molecule has 1 atom stereocenters. The Morgan fingerprint density at radius 2 is 1.96 bits per heavy atom. The predicted molar refractivity (Wildman–Crippen MR) is 87.0 cm³/mol. The van der Waals surface area contributed by atoms with E-state index in [0.717, 1.165) is 16.7 Å². The average Bonchev–Trinajstić information content (AvgIpc) is 3.12. The number of rotatable bonds is 2. The number of fused-ring (bicyclic) bond motifs is 2. The van der Waals surface area contributed by atoms with Crippen LogP contribution in [0.1, 0.15) is 33.5 Å². The lowest BCUT2D eigenvalue weighted by atomic mass is 9.88. The summed E-state index contributed by atoms with van der Waals surface area (Å²) in [6.07, 6.45) is 0.182. The average molecular weight is 323 g/mol. The topological polar surface area (TPSA) is 66.8 Å². The highest BCUT2D eigenvalue weighted by Gasteiger charge is 2.51. The number of carbonyl (C=O) groups is 2. The lowest BCUT2D eigenvalue weighted by Gasteiger charge is -2.23. The molecule has 2 aromatic rings. The molecule has 122 valence electrons. The first-order valence-corrected chi connectivity index (χ1v) is 7.97. The van der Waals surface area contributed by atoms with Gasteiger partial charge in [0.05, 0.1) is 12.1 Å². The van der Waals surface area contributed by atoms with Crippen LogP contribution in [0.4, 0.5) is 4.79 Å². The molecule has 1 fully saturated rings. The summed E-state index contributed by atoms with van der Waals surface area (Å²) in [6, 6.07) is 15.7. The van der Waals surface area contributed by atoms with Crippen LogP contribution in [0.25, 0.3) is 0 Å². The van der Waals surface area contributed by atoms with Gasteiger partial charge < -0.3 is 14.7 Å². The van der Waals surface area contributed by atoms with E-state index in [4.69, 9.17) is 4.74 Å². The summed E-state index contributed by atoms with van der Waals surface area (Å²) in [5, 5.41) is 9.21. The molecule has 5 nitrogen and oxygen atoms in total. The van der Waals surface area contributed by atoms with Gasteiger partial charge >= 0.3 is 12.1 Å². The molecule has 2 heterocycles. The van der Waals surface area contributed by atoms with Gasteiger partial charge in [-0.15, -0.1) is 0 Å². The van der Waals surface area contributed by atoms with E-state index in [-0.39, 0.29) is 12.5 Å². The van der Waals surface area contributed by atoms with E-state index >= 15 is 0 Å². The van der Waals surface area contributed by atoms with Gasteiger partial charge in [0.25, 0.3) is 0 Å². The molecule has 0 radical (unpaired) electrons. The molecule has 0 saturated carbocycles. The molecule has 1 N–H and O–H groups in total. The molecule has 5 heteroatoms. The Labute approximate surface area is 139 Å². The van der Waals surface area contributed by atoms with Crippen molar-refractivity contribution in [1.29, 1.82) is 0 Å². The quantitative estimate of drug-likeness (QED) is 0.863. The summed E-state index contributed by atoms with van der Waals surface area (Å²) in [5.41, 5.74) is 2.66. The molecule has 0 bridgehead atoms. The third-order valence-corrected chi connectivity index (χ3v) is 4.87. The highest BCUT2D eigenvalue weighted by atomic mass is 16.6. The number of amides is 1. The molecule has 2 aliphatic heterocycles. The largest absolute Gasteiger partial charge is 0.465 e. The first kappa shape index (κ1) is 14.8. The van der Waals surface area contributed by atoms with Gasteiger partial charge in [-0.1, -0.05) is 48.5 Å². The molecule has 1 spiro atoms. The molecule has 1 amide bonds. The van der Waals surface area contributed by atoms with Crippen LogP contribution < -0.4 is 0 Å². The number of carboxylic acid groups (broad SMARTS) is 1. The summed E-state index contributed by atoms with van der Waals surface area (Å²) in [7, 11) is 0. The third kappa shape index (κ3) is 2.24. The van der Waals surface area contributed by atoms with Gasteiger partial charge in [-0.25, -0.2) is 9.59 Å². The summed E-state index contributed by atoms with van der Waals surface area (Å²) in [5.74, 6) is -0.344. The standard InChI is InChI=1S/C19H17NO4/c21-17-16-14(11-13-5-2-1-3-6-13)7-4-8-15(16)19(24-17)9-10-20(12-19)18(22)23/h1-8H,9-12H2,(H,22,23). The molecule has 0 aliphatic carbocycles. The van der Waals surface area contributed by atoms with Crippen LogP contribution >= 0.6 is 0 Å². The Kier molecular flexibility index (Phi) is 3.30. The first-order chi connectivity index (χ1) is 11.6. The van der Waals surface area contributed by atoms with Crippen LogP contribution in [0.3, 0.4) is 0 Å². The summed E-state index contributed by atoms with van der Waals surface area (Å²) < 4.78 is 5.70. The fourth-order valence-corrected chi connectivity index (χ4v) is 3.72. The Morgan fingerprint density at radius 3 is 2.67 bits per heavy atom. The second-order valence-corrected chi connectivity index (χ2v) is 6.34.